The smallest absolute Gasteiger partial charge is 0.324 e. The molecule has 0 aliphatic carbocycles. The first kappa shape index (κ1) is 22.7. The van der Waals surface area contributed by atoms with Gasteiger partial charge in [0, 0.05) is 17.4 Å². The number of nitrogens with one attached hydrogen (secondary N) is 2. The van der Waals surface area contributed by atoms with Crippen LogP contribution in [-0.4, -0.2) is 26.0 Å². The number of pyridine rings is 1. The van der Waals surface area contributed by atoms with Gasteiger partial charge in [0.05, 0.1) is 11.3 Å². The van der Waals surface area contributed by atoms with Gasteiger partial charge >= 0.3 is 11.9 Å². The largest absolute Gasteiger partial charge is 0.418 e. The van der Waals surface area contributed by atoms with Gasteiger partial charge in [-0.3, -0.25) is 14.0 Å². The maximum absolute atomic E-state index is 13.6. The maximum atomic E-state index is 13.6. The van der Waals surface area contributed by atoms with Crippen molar-refractivity contribution in [3.05, 3.63) is 94.3 Å². The molecule has 0 atom stereocenters. The third kappa shape index (κ3) is 4.80. The molecule has 12 heteroatoms. The van der Waals surface area contributed by atoms with E-state index in [2.05, 4.69) is 15.7 Å². The summed E-state index contributed by atoms with van der Waals surface area (Å²) in [4.78, 5) is 36.9. The molecule has 4 rings (SSSR count). The molecule has 0 aliphatic rings. The fraction of sp³-hybridized carbons (Fsp3) is 0.0909. The molecule has 0 radical (unpaired) electrons. The number of amides is 2. The fourth-order valence-electron chi connectivity index (χ4n) is 3.17. The fourth-order valence-corrected chi connectivity index (χ4v) is 3.17. The second kappa shape index (κ2) is 8.81. The number of alkyl halides is 3. The number of aromatic nitrogens is 3. The Hall–Kier alpha value is -4.48. The number of fused-ring (bicyclic) bond motifs is 1. The first-order chi connectivity index (χ1) is 16.1. The summed E-state index contributed by atoms with van der Waals surface area (Å²) in [6, 6.07) is 12.0. The summed E-state index contributed by atoms with van der Waals surface area (Å²) in [6.45, 7) is -0.610. The lowest BCUT2D eigenvalue weighted by Gasteiger charge is -2.16. The molecular weight excluding hydrogens is 458 g/mol. The predicted molar refractivity (Wildman–Crippen MR) is 114 cm³/mol. The van der Waals surface area contributed by atoms with E-state index in [1.165, 1.54) is 34.9 Å². The van der Waals surface area contributed by atoms with Crippen LogP contribution in [0.4, 0.5) is 28.9 Å². The molecule has 2 amide bonds. The Morgan fingerprint density at radius 1 is 0.971 bits per heavy atom. The Kier molecular flexibility index (Phi) is 5.88. The van der Waals surface area contributed by atoms with Crippen molar-refractivity contribution in [1.29, 1.82) is 0 Å². The number of hydrogen-bond donors (Lipinski definition) is 2. The lowest BCUT2D eigenvalue weighted by Crippen LogP contribution is -2.28. The van der Waals surface area contributed by atoms with E-state index in [9.17, 15) is 31.9 Å². The van der Waals surface area contributed by atoms with Crippen LogP contribution < -0.4 is 16.3 Å². The van der Waals surface area contributed by atoms with Crippen molar-refractivity contribution >= 4 is 28.8 Å². The lowest BCUT2D eigenvalue weighted by atomic mass is 10.1. The number of carbonyl (C=O) groups is 2. The van der Waals surface area contributed by atoms with Crippen molar-refractivity contribution in [2.24, 2.45) is 0 Å². The van der Waals surface area contributed by atoms with Gasteiger partial charge in [0.25, 0.3) is 5.91 Å². The van der Waals surface area contributed by atoms with Crippen LogP contribution in [0.5, 0.6) is 0 Å². The number of benzene rings is 2. The highest BCUT2D eigenvalue weighted by atomic mass is 19.4. The minimum Gasteiger partial charge on any atom is -0.324 e. The van der Waals surface area contributed by atoms with Crippen LogP contribution in [-0.2, 0) is 17.5 Å². The van der Waals surface area contributed by atoms with Gasteiger partial charge in [0.2, 0.25) is 5.91 Å². The summed E-state index contributed by atoms with van der Waals surface area (Å²) in [6.07, 6.45) is -3.42. The van der Waals surface area contributed by atoms with Gasteiger partial charge in [0.1, 0.15) is 12.4 Å². The van der Waals surface area contributed by atoms with Crippen molar-refractivity contribution in [2.45, 2.75) is 12.7 Å². The van der Waals surface area contributed by atoms with Crippen molar-refractivity contribution in [3.8, 4) is 0 Å². The van der Waals surface area contributed by atoms with Crippen molar-refractivity contribution in [1.82, 2.24) is 14.2 Å². The molecule has 0 bridgehead atoms. The standard InChI is InChI=1S/C22H15F4N5O3/c23-14-6-4-13(5-7-14)20(33)27-15-8-9-17(16(11-15)22(24,25)26)28-19(32)12-31-21(34)30-10-2-1-3-18(30)29-31/h1-11H,12H2,(H,27,33)(H,28,32). The third-order valence-corrected chi connectivity index (χ3v) is 4.75. The van der Waals surface area contributed by atoms with Crippen LogP contribution in [0.2, 0.25) is 0 Å². The van der Waals surface area contributed by atoms with Gasteiger partial charge in [-0.05, 0) is 54.6 Å². The molecule has 0 aliphatic heterocycles. The topological polar surface area (TPSA) is 97.5 Å². The molecular formula is C22H15F4N5O3. The Balaban J connectivity index is 1.54. The number of rotatable bonds is 5. The molecule has 0 saturated carbocycles. The lowest BCUT2D eigenvalue weighted by molar-refractivity contribution is -0.136. The Morgan fingerprint density at radius 2 is 1.71 bits per heavy atom. The highest BCUT2D eigenvalue weighted by molar-refractivity contribution is 6.04. The van der Waals surface area contributed by atoms with E-state index in [0.717, 1.165) is 22.9 Å². The number of halogens is 4. The quantitative estimate of drug-likeness (QED) is 0.434. The van der Waals surface area contributed by atoms with Crippen molar-refractivity contribution in [2.75, 3.05) is 10.6 Å². The van der Waals surface area contributed by atoms with E-state index in [4.69, 9.17) is 0 Å². The molecule has 0 spiro atoms. The Morgan fingerprint density at radius 3 is 2.38 bits per heavy atom. The van der Waals surface area contributed by atoms with Gasteiger partial charge < -0.3 is 10.6 Å². The Bertz CT molecular complexity index is 1440. The number of nitrogens with zero attached hydrogens (tertiary/aromatic N) is 3. The van der Waals surface area contributed by atoms with E-state index in [1.54, 1.807) is 12.1 Å². The number of hydrogen-bond acceptors (Lipinski definition) is 4. The maximum Gasteiger partial charge on any atom is 0.418 e. The summed E-state index contributed by atoms with van der Waals surface area (Å²) < 4.78 is 55.9. The summed E-state index contributed by atoms with van der Waals surface area (Å²) in [5.41, 5.74) is -2.26. The second-order valence-corrected chi connectivity index (χ2v) is 7.14. The van der Waals surface area contributed by atoms with Crippen molar-refractivity contribution in [3.63, 3.8) is 0 Å². The summed E-state index contributed by atoms with van der Waals surface area (Å²) >= 11 is 0. The monoisotopic (exact) mass is 473 g/mol. The van der Waals surface area contributed by atoms with Crippen LogP contribution in [0, 0.1) is 5.82 Å². The highest BCUT2D eigenvalue weighted by Gasteiger charge is 2.34. The minimum absolute atomic E-state index is 0.0465. The summed E-state index contributed by atoms with van der Waals surface area (Å²) in [5.74, 6) is -2.21. The molecule has 4 aromatic rings. The summed E-state index contributed by atoms with van der Waals surface area (Å²) in [7, 11) is 0. The van der Waals surface area contributed by atoms with E-state index in [0.29, 0.717) is 6.07 Å². The molecule has 0 unspecified atom stereocenters. The van der Waals surface area contributed by atoms with Gasteiger partial charge in [-0.25, -0.2) is 13.9 Å². The van der Waals surface area contributed by atoms with E-state index < -0.39 is 47.3 Å². The second-order valence-electron chi connectivity index (χ2n) is 7.14. The van der Waals surface area contributed by atoms with Gasteiger partial charge in [-0.15, -0.1) is 5.10 Å². The highest BCUT2D eigenvalue weighted by Crippen LogP contribution is 2.36. The van der Waals surface area contributed by atoms with Crippen LogP contribution in [0.3, 0.4) is 0 Å². The third-order valence-electron chi connectivity index (χ3n) is 4.75. The van der Waals surface area contributed by atoms with E-state index >= 15 is 0 Å². The van der Waals surface area contributed by atoms with Crippen LogP contribution >= 0.6 is 0 Å². The minimum atomic E-state index is -4.86. The molecule has 2 aromatic heterocycles. The molecule has 2 N–H and O–H groups in total. The molecule has 2 heterocycles. The van der Waals surface area contributed by atoms with Gasteiger partial charge in [0.15, 0.2) is 5.65 Å². The molecule has 0 saturated heterocycles. The summed E-state index contributed by atoms with van der Waals surface area (Å²) in [5, 5.41) is 8.39. The van der Waals surface area contributed by atoms with Crippen LogP contribution in [0.15, 0.2) is 71.7 Å². The zero-order valence-electron chi connectivity index (χ0n) is 17.1. The molecule has 2 aromatic carbocycles. The zero-order chi connectivity index (χ0) is 24.5. The first-order valence-electron chi connectivity index (χ1n) is 9.74. The van der Waals surface area contributed by atoms with E-state index in [-0.39, 0.29) is 16.9 Å². The van der Waals surface area contributed by atoms with Gasteiger partial charge in [-0.1, -0.05) is 6.07 Å². The molecule has 34 heavy (non-hydrogen) atoms. The first-order valence-corrected chi connectivity index (χ1v) is 9.74. The van der Waals surface area contributed by atoms with Crippen molar-refractivity contribution < 1.29 is 27.2 Å². The molecule has 8 nitrogen and oxygen atoms in total. The average molecular weight is 473 g/mol. The Labute approximate surface area is 188 Å². The van der Waals surface area contributed by atoms with Crippen LogP contribution in [0.1, 0.15) is 15.9 Å². The van der Waals surface area contributed by atoms with Crippen LogP contribution in [0.25, 0.3) is 5.65 Å². The number of carbonyl (C=O) groups excluding carboxylic acids is 2. The number of anilines is 2. The molecule has 0 fully saturated rings. The van der Waals surface area contributed by atoms with Gasteiger partial charge in [-0.2, -0.15) is 13.2 Å². The normalized spacial score (nSPS) is 11.4. The van der Waals surface area contributed by atoms with E-state index in [1.807, 2.05) is 0 Å². The average Bonchev–Trinajstić information content (AvgIpc) is 3.09. The predicted octanol–water partition coefficient (Wildman–Crippen LogP) is 3.54. The SMILES string of the molecule is O=C(Cn1nc2ccccn2c1=O)Nc1ccc(NC(=O)c2ccc(F)cc2)cc1C(F)(F)F. The molecule has 174 valence electrons. The zero-order valence-corrected chi connectivity index (χ0v) is 17.1.